The summed E-state index contributed by atoms with van der Waals surface area (Å²) in [6.07, 6.45) is 1.85. The van der Waals surface area contributed by atoms with Gasteiger partial charge in [0, 0.05) is 11.1 Å². The fourth-order valence-corrected chi connectivity index (χ4v) is 2.71. The lowest BCUT2D eigenvalue weighted by atomic mass is 9.93. The van der Waals surface area contributed by atoms with Crippen molar-refractivity contribution in [1.82, 2.24) is 0 Å². The van der Waals surface area contributed by atoms with E-state index < -0.39 is 0 Å². The number of ether oxygens (including phenoxy) is 2. The molecule has 0 amide bonds. The van der Waals surface area contributed by atoms with Gasteiger partial charge in [-0.3, -0.25) is 4.79 Å². The molecule has 0 radical (unpaired) electrons. The molecule has 2 aromatic carbocycles. The van der Waals surface area contributed by atoms with Crippen LogP contribution in [0.1, 0.15) is 27.0 Å². The minimum atomic E-state index is 0.0355. The fourth-order valence-electron chi connectivity index (χ4n) is 2.71. The molecule has 3 heteroatoms. The summed E-state index contributed by atoms with van der Waals surface area (Å²) >= 11 is 0. The second-order valence-electron chi connectivity index (χ2n) is 5.43. The first-order valence-corrected chi connectivity index (χ1v) is 7.23. The van der Waals surface area contributed by atoms with Crippen LogP contribution in [0.2, 0.25) is 0 Å². The van der Waals surface area contributed by atoms with E-state index in [9.17, 15) is 4.79 Å². The van der Waals surface area contributed by atoms with Crippen molar-refractivity contribution in [2.45, 2.75) is 13.8 Å². The minimum Gasteiger partial charge on any atom is -0.496 e. The first kappa shape index (κ1) is 14.4. The van der Waals surface area contributed by atoms with Crippen LogP contribution in [0.25, 0.3) is 6.08 Å². The quantitative estimate of drug-likeness (QED) is 0.786. The highest BCUT2D eigenvalue weighted by molar-refractivity contribution is 6.15. The van der Waals surface area contributed by atoms with E-state index in [4.69, 9.17) is 9.47 Å². The molecule has 0 atom stereocenters. The number of carbonyl (C=O) groups excluding carboxylic acids is 1. The second kappa shape index (κ2) is 5.68. The van der Waals surface area contributed by atoms with Crippen LogP contribution in [-0.2, 0) is 0 Å². The standard InChI is InChI=1S/C19H18O3/c1-12-8-9-13(2)19-17(12)18(20)15(11-22-19)10-14-6-4-5-7-16(14)21-3/h4-10H,11H2,1-3H3/b15-10+. The van der Waals surface area contributed by atoms with Crippen molar-refractivity contribution in [3.8, 4) is 11.5 Å². The van der Waals surface area contributed by atoms with Crippen LogP contribution < -0.4 is 9.47 Å². The van der Waals surface area contributed by atoms with Crippen LogP contribution in [-0.4, -0.2) is 19.5 Å². The summed E-state index contributed by atoms with van der Waals surface area (Å²) in [4.78, 5) is 12.8. The average molecular weight is 294 g/mol. The molecule has 22 heavy (non-hydrogen) atoms. The van der Waals surface area contributed by atoms with Gasteiger partial charge >= 0.3 is 0 Å². The van der Waals surface area contributed by atoms with E-state index in [1.807, 2.05) is 56.3 Å². The van der Waals surface area contributed by atoms with E-state index in [-0.39, 0.29) is 12.4 Å². The number of Topliss-reactive ketones (excluding diaryl/α,β-unsaturated/α-hetero) is 1. The molecule has 3 nitrogen and oxygen atoms in total. The van der Waals surface area contributed by atoms with Gasteiger partial charge in [0.15, 0.2) is 5.78 Å². The highest BCUT2D eigenvalue weighted by Gasteiger charge is 2.26. The van der Waals surface area contributed by atoms with Gasteiger partial charge in [-0.05, 0) is 37.1 Å². The molecule has 0 saturated carbocycles. The van der Waals surface area contributed by atoms with Crippen LogP contribution in [0, 0.1) is 13.8 Å². The molecule has 1 aliphatic heterocycles. The molecule has 1 heterocycles. The van der Waals surface area contributed by atoms with E-state index in [0.717, 1.165) is 22.4 Å². The Labute approximate surface area is 130 Å². The zero-order valence-electron chi connectivity index (χ0n) is 13.0. The molecule has 3 rings (SSSR count). The van der Waals surface area contributed by atoms with Gasteiger partial charge in [0.25, 0.3) is 0 Å². The maximum atomic E-state index is 12.8. The highest BCUT2D eigenvalue weighted by Crippen LogP contribution is 2.34. The third kappa shape index (κ3) is 2.39. The van der Waals surface area contributed by atoms with Crippen molar-refractivity contribution in [3.05, 3.63) is 64.2 Å². The lowest BCUT2D eigenvalue weighted by Crippen LogP contribution is -2.21. The van der Waals surface area contributed by atoms with Crippen molar-refractivity contribution in [2.24, 2.45) is 0 Å². The lowest BCUT2D eigenvalue weighted by molar-refractivity contribution is 0.0999. The fraction of sp³-hybridized carbons (Fsp3) is 0.211. The van der Waals surface area contributed by atoms with Crippen molar-refractivity contribution >= 4 is 11.9 Å². The number of methoxy groups -OCH3 is 1. The zero-order chi connectivity index (χ0) is 15.7. The molecule has 0 unspecified atom stereocenters. The van der Waals surface area contributed by atoms with E-state index in [1.165, 1.54) is 0 Å². The molecule has 0 spiro atoms. The minimum absolute atomic E-state index is 0.0355. The van der Waals surface area contributed by atoms with Crippen molar-refractivity contribution in [1.29, 1.82) is 0 Å². The molecular weight excluding hydrogens is 276 g/mol. The Morgan fingerprint density at radius 3 is 2.59 bits per heavy atom. The van der Waals surface area contributed by atoms with Gasteiger partial charge in [0.05, 0.1) is 12.7 Å². The molecule has 0 bridgehead atoms. The number of benzene rings is 2. The van der Waals surface area contributed by atoms with Crippen LogP contribution in [0.15, 0.2) is 42.0 Å². The summed E-state index contributed by atoms with van der Waals surface area (Å²) < 4.78 is 11.2. The SMILES string of the molecule is COc1ccccc1/C=C1\COc2c(C)ccc(C)c2C1=O. The Balaban J connectivity index is 2.06. The van der Waals surface area contributed by atoms with Crippen molar-refractivity contribution in [3.63, 3.8) is 0 Å². The molecule has 0 aromatic heterocycles. The number of aryl methyl sites for hydroxylation is 2. The third-order valence-corrected chi connectivity index (χ3v) is 3.92. The van der Waals surface area contributed by atoms with Gasteiger partial charge in [-0.15, -0.1) is 0 Å². The summed E-state index contributed by atoms with van der Waals surface area (Å²) in [5, 5.41) is 0. The zero-order valence-corrected chi connectivity index (χ0v) is 13.0. The Bertz CT molecular complexity index is 772. The number of carbonyl (C=O) groups is 1. The van der Waals surface area contributed by atoms with E-state index in [2.05, 4.69) is 0 Å². The van der Waals surface area contributed by atoms with Crippen LogP contribution >= 0.6 is 0 Å². The summed E-state index contributed by atoms with van der Waals surface area (Å²) in [7, 11) is 1.62. The lowest BCUT2D eigenvalue weighted by Gasteiger charge is -2.22. The predicted molar refractivity (Wildman–Crippen MR) is 86.7 cm³/mol. The molecular formula is C19H18O3. The summed E-state index contributed by atoms with van der Waals surface area (Å²) in [5.74, 6) is 1.49. The number of rotatable bonds is 2. The van der Waals surface area contributed by atoms with E-state index >= 15 is 0 Å². The molecule has 112 valence electrons. The monoisotopic (exact) mass is 294 g/mol. The average Bonchev–Trinajstić information content (AvgIpc) is 2.53. The number of para-hydroxylation sites is 1. The van der Waals surface area contributed by atoms with Crippen LogP contribution in [0.4, 0.5) is 0 Å². The summed E-state index contributed by atoms with van der Waals surface area (Å²) in [6, 6.07) is 11.6. The van der Waals surface area contributed by atoms with E-state index in [1.54, 1.807) is 7.11 Å². The molecule has 1 aliphatic rings. The molecule has 0 aliphatic carbocycles. The number of hydrogen-bond donors (Lipinski definition) is 0. The van der Waals surface area contributed by atoms with Gasteiger partial charge in [-0.1, -0.05) is 30.3 Å². The Hall–Kier alpha value is -2.55. The molecule has 2 aromatic rings. The first-order chi connectivity index (χ1) is 10.6. The third-order valence-electron chi connectivity index (χ3n) is 3.92. The predicted octanol–water partition coefficient (Wildman–Crippen LogP) is 3.97. The van der Waals surface area contributed by atoms with Gasteiger partial charge in [0.2, 0.25) is 0 Å². The molecule has 0 N–H and O–H groups in total. The molecule has 0 fully saturated rings. The Morgan fingerprint density at radius 1 is 1.09 bits per heavy atom. The van der Waals surface area contributed by atoms with Gasteiger partial charge in [-0.2, -0.15) is 0 Å². The van der Waals surface area contributed by atoms with Crippen molar-refractivity contribution in [2.75, 3.05) is 13.7 Å². The second-order valence-corrected chi connectivity index (χ2v) is 5.43. The van der Waals surface area contributed by atoms with Gasteiger partial charge in [-0.25, -0.2) is 0 Å². The first-order valence-electron chi connectivity index (χ1n) is 7.23. The maximum absolute atomic E-state index is 12.8. The Kier molecular flexibility index (Phi) is 3.72. The normalized spacial score (nSPS) is 15.4. The smallest absolute Gasteiger partial charge is 0.196 e. The number of hydrogen-bond acceptors (Lipinski definition) is 3. The van der Waals surface area contributed by atoms with Crippen LogP contribution in [0.5, 0.6) is 11.5 Å². The number of fused-ring (bicyclic) bond motifs is 1. The topological polar surface area (TPSA) is 35.5 Å². The number of ketones is 1. The summed E-state index contributed by atoms with van der Waals surface area (Å²) in [5.41, 5.74) is 4.13. The summed E-state index contributed by atoms with van der Waals surface area (Å²) in [6.45, 7) is 4.18. The Morgan fingerprint density at radius 2 is 1.82 bits per heavy atom. The highest BCUT2D eigenvalue weighted by atomic mass is 16.5. The maximum Gasteiger partial charge on any atom is 0.196 e. The van der Waals surface area contributed by atoms with Crippen LogP contribution in [0.3, 0.4) is 0 Å². The molecule has 0 saturated heterocycles. The van der Waals surface area contributed by atoms with E-state index in [0.29, 0.717) is 16.9 Å². The van der Waals surface area contributed by atoms with Gasteiger partial charge in [0.1, 0.15) is 18.1 Å². The van der Waals surface area contributed by atoms with Crippen molar-refractivity contribution < 1.29 is 14.3 Å². The van der Waals surface area contributed by atoms with Gasteiger partial charge < -0.3 is 9.47 Å². The largest absolute Gasteiger partial charge is 0.496 e.